The lowest BCUT2D eigenvalue weighted by molar-refractivity contribution is -0.122. The van der Waals surface area contributed by atoms with Gasteiger partial charge in [0, 0.05) is 43.6 Å². The number of nitrogens with zero attached hydrogens (tertiary/aromatic N) is 4. The summed E-state index contributed by atoms with van der Waals surface area (Å²) < 4.78 is 18.2. The molecule has 0 saturated carbocycles. The number of rotatable bonds is 7. The van der Waals surface area contributed by atoms with Gasteiger partial charge in [-0.2, -0.15) is 0 Å². The predicted molar refractivity (Wildman–Crippen MR) is 158 cm³/mol. The average molecular weight is 581 g/mol. The lowest BCUT2D eigenvalue weighted by Gasteiger charge is -2.23. The first kappa shape index (κ1) is 27.9. The highest BCUT2D eigenvalue weighted by Gasteiger charge is 2.25. The van der Waals surface area contributed by atoms with Crippen LogP contribution in [0.25, 0.3) is 10.9 Å². The van der Waals surface area contributed by atoms with E-state index in [0.29, 0.717) is 45.8 Å². The molecule has 40 heavy (non-hydrogen) atoms. The molecule has 2 N–H and O–H groups in total. The molecule has 0 saturated heterocycles. The van der Waals surface area contributed by atoms with Crippen molar-refractivity contribution >= 4 is 52.0 Å². The molecular weight excluding hydrogens is 551 g/mol. The van der Waals surface area contributed by atoms with E-state index >= 15 is 0 Å². The van der Waals surface area contributed by atoms with Crippen LogP contribution in [0.2, 0.25) is 5.15 Å². The molecule has 0 spiro atoms. The molecule has 0 aliphatic carbocycles. The minimum atomic E-state index is -0.281. The number of carbonyl (C=O) groups is 1. The zero-order chi connectivity index (χ0) is 28.7. The van der Waals surface area contributed by atoms with Crippen molar-refractivity contribution in [2.24, 2.45) is 13.0 Å². The summed E-state index contributed by atoms with van der Waals surface area (Å²) in [5.74, 6) is -0.0513. The SMILES string of the molecule is Cc1cc(C(C)Nc2ccc(Cl)nc2SNC(=O)C(C)C)c2nc(N3Cc4ccc(F)cc4C3)n(C)c(=O)c2c1. The Labute approximate surface area is 241 Å². The molecule has 0 bridgehead atoms. The van der Waals surface area contributed by atoms with Crippen LogP contribution in [0.5, 0.6) is 0 Å². The van der Waals surface area contributed by atoms with Gasteiger partial charge in [0.15, 0.2) is 0 Å². The smallest absolute Gasteiger partial charge is 0.262 e. The predicted octanol–water partition coefficient (Wildman–Crippen LogP) is 5.90. The van der Waals surface area contributed by atoms with Gasteiger partial charge in [-0.3, -0.25) is 18.9 Å². The second-order valence-corrected chi connectivity index (χ2v) is 11.6. The first-order chi connectivity index (χ1) is 19.0. The van der Waals surface area contributed by atoms with Crippen LogP contribution in [-0.2, 0) is 24.9 Å². The molecule has 8 nitrogen and oxygen atoms in total. The number of fused-ring (bicyclic) bond motifs is 2. The van der Waals surface area contributed by atoms with Crippen molar-refractivity contribution in [3.63, 3.8) is 0 Å². The van der Waals surface area contributed by atoms with Crippen LogP contribution in [0.1, 0.15) is 49.1 Å². The van der Waals surface area contributed by atoms with Crippen molar-refractivity contribution in [1.29, 1.82) is 0 Å². The molecule has 5 rings (SSSR count). The number of hydrogen-bond acceptors (Lipinski definition) is 7. The minimum absolute atomic E-state index is 0.116. The largest absolute Gasteiger partial charge is 0.376 e. The van der Waals surface area contributed by atoms with Crippen LogP contribution in [-0.4, -0.2) is 20.4 Å². The van der Waals surface area contributed by atoms with Crippen LogP contribution >= 0.6 is 23.5 Å². The molecule has 0 fully saturated rings. The van der Waals surface area contributed by atoms with E-state index in [1.807, 2.05) is 50.8 Å². The third-order valence-electron chi connectivity index (χ3n) is 6.94. The van der Waals surface area contributed by atoms with Crippen LogP contribution in [0.15, 0.2) is 52.3 Å². The van der Waals surface area contributed by atoms with Crippen molar-refractivity contribution in [3.05, 3.63) is 86.0 Å². The van der Waals surface area contributed by atoms with E-state index in [-0.39, 0.29) is 29.2 Å². The van der Waals surface area contributed by atoms with Crippen LogP contribution in [0.3, 0.4) is 0 Å². The van der Waals surface area contributed by atoms with E-state index in [0.717, 1.165) is 34.2 Å². The van der Waals surface area contributed by atoms with E-state index in [2.05, 4.69) is 15.0 Å². The van der Waals surface area contributed by atoms with Gasteiger partial charge in [0.05, 0.1) is 22.6 Å². The Hall–Kier alpha value is -3.63. The van der Waals surface area contributed by atoms with Crippen molar-refractivity contribution in [2.45, 2.75) is 51.9 Å². The number of benzene rings is 2. The Bertz CT molecular complexity index is 1690. The maximum atomic E-state index is 13.8. The zero-order valence-electron chi connectivity index (χ0n) is 22.9. The summed E-state index contributed by atoms with van der Waals surface area (Å²) >= 11 is 7.26. The summed E-state index contributed by atoms with van der Waals surface area (Å²) in [6.07, 6.45) is 0. The summed E-state index contributed by atoms with van der Waals surface area (Å²) in [7, 11) is 1.71. The van der Waals surface area contributed by atoms with E-state index in [4.69, 9.17) is 16.6 Å². The first-order valence-corrected chi connectivity index (χ1v) is 14.1. The molecule has 1 aliphatic rings. The molecule has 2 aromatic heterocycles. The van der Waals surface area contributed by atoms with E-state index < -0.39 is 0 Å². The highest BCUT2D eigenvalue weighted by atomic mass is 35.5. The zero-order valence-corrected chi connectivity index (χ0v) is 24.5. The van der Waals surface area contributed by atoms with Gasteiger partial charge in [-0.25, -0.2) is 14.4 Å². The fourth-order valence-corrected chi connectivity index (χ4v) is 5.80. The van der Waals surface area contributed by atoms with Crippen molar-refractivity contribution in [2.75, 3.05) is 10.2 Å². The number of nitrogens with one attached hydrogen (secondary N) is 2. The standard InChI is InChI=1S/C29H30ClFN6O2S/c1-15(2)26(38)35-40-27-23(8-9-24(30)33-27)32-17(4)21-10-16(3)11-22-25(21)34-29(36(5)28(22)39)37-13-18-6-7-20(31)12-19(18)14-37/h6-12,15,17,32H,13-14H2,1-5H3,(H,35,38). The Morgan fingerprint density at radius 2 is 1.82 bits per heavy atom. The molecule has 1 aliphatic heterocycles. The summed E-state index contributed by atoms with van der Waals surface area (Å²) in [4.78, 5) is 37.1. The molecule has 1 atom stereocenters. The molecule has 208 valence electrons. The summed E-state index contributed by atoms with van der Waals surface area (Å²) in [6, 6.07) is 11.9. The topological polar surface area (TPSA) is 92.1 Å². The third kappa shape index (κ3) is 5.51. The number of aryl methyl sites for hydroxylation is 1. The highest BCUT2D eigenvalue weighted by Crippen LogP contribution is 2.33. The maximum Gasteiger partial charge on any atom is 0.262 e. The van der Waals surface area contributed by atoms with Crippen molar-refractivity contribution in [1.82, 2.24) is 19.3 Å². The molecule has 0 radical (unpaired) electrons. The quantitative estimate of drug-likeness (QED) is 0.208. The molecule has 3 heterocycles. The Balaban J connectivity index is 1.52. The molecule has 4 aromatic rings. The number of carbonyl (C=O) groups excluding carboxylic acids is 1. The summed E-state index contributed by atoms with van der Waals surface area (Å²) in [5, 5.41) is 4.82. The number of hydrogen-bond donors (Lipinski definition) is 2. The molecule has 2 aromatic carbocycles. The second-order valence-electron chi connectivity index (χ2n) is 10.4. The summed E-state index contributed by atoms with van der Waals surface area (Å²) in [5.41, 5.74) is 4.80. The van der Waals surface area contributed by atoms with Gasteiger partial charge in [-0.1, -0.05) is 37.6 Å². The van der Waals surface area contributed by atoms with Gasteiger partial charge in [0.1, 0.15) is 16.0 Å². The molecular formula is C29H30ClFN6O2S. The Kier molecular flexibility index (Phi) is 7.74. The number of aromatic nitrogens is 3. The Morgan fingerprint density at radius 1 is 1.07 bits per heavy atom. The van der Waals surface area contributed by atoms with Gasteiger partial charge in [-0.15, -0.1) is 0 Å². The third-order valence-corrected chi connectivity index (χ3v) is 7.96. The lowest BCUT2D eigenvalue weighted by Crippen LogP contribution is -2.28. The average Bonchev–Trinajstić information content (AvgIpc) is 3.33. The van der Waals surface area contributed by atoms with Gasteiger partial charge >= 0.3 is 0 Å². The minimum Gasteiger partial charge on any atom is -0.376 e. The lowest BCUT2D eigenvalue weighted by atomic mass is 10.0. The number of pyridine rings is 1. The van der Waals surface area contributed by atoms with Crippen LogP contribution in [0.4, 0.5) is 16.0 Å². The van der Waals surface area contributed by atoms with Crippen LogP contribution < -0.4 is 20.5 Å². The monoisotopic (exact) mass is 580 g/mol. The van der Waals surface area contributed by atoms with Gasteiger partial charge in [0.25, 0.3) is 5.56 Å². The maximum absolute atomic E-state index is 13.8. The van der Waals surface area contributed by atoms with E-state index in [1.54, 1.807) is 23.7 Å². The summed E-state index contributed by atoms with van der Waals surface area (Å²) in [6.45, 7) is 8.56. The van der Waals surface area contributed by atoms with Gasteiger partial charge in [-0.05, 0) is 60.9 Å². The van der Waals surface area contributed by atoms with Gasteiger partial charge in [0.2, 0.25) is 11.9 Å². The number of amides is 1. The number of halogens is 2. The van der Waals surface area contributed by atoms with E-state index in [1.165, 1.54) is 12.1 Å². The molecule has 1 amide bonds. The molecule has 1 unspecified atom stereocenters. The normalized spacial score (nSPS) is 13.6. The molecule has 11 heteroatoms. The van der Waals surface area contributed by atoms with E-state index in [9.17, 15) is 14.0 Å². The highest BCUT2D eigenvalue weighted by molar-refractivity contribution is 7.98. The fraction of sp³-hybridized carbons (Fsp3) is 0.310. The van der Waals surface area contributed by atoms with Crippen LogP contribution in [0, 0.1) is 18.7 Å². The second kappa shape index (κ2) is 11.1. The van der Waals surface area contributed by atoms with Crippen molar-refractivity contribution in [3.8, 4) is 0 Å². The number of anilines is 2. The van der Waals surface area contributed by atoms with Crippen molar-refractivity contribution < 1.29 is 9.18 Å². The fourth-order valence-electron chi connectivity index (χ4n) is 4.79. The first-order valence-electron chi connectivity index (χ1n) is 12.9. The van der Waals surface area contributed by atoms with Gasteiger partial charge < -0.3 is 10.2 Å². The Morgan fingerprint density at radius 3 is 2.58 bits per heavy atom.